The topological polar surface area (TPSA) is 61.7 Å². The van der Waals surface area contributed by atoms with Crippen LogP contribution in [0, 0.1) is 6.92 Å². The molecule has 0 amide bonds. The van der Waals surface area contributed by atoms with Gasteiger partial charge in [0.25, 0.3) is 0 Å². The number of imidazole rings is 1. The molecule has 0 saturated carbocycles. The Balaban J connectivity index is 2.13. The number of fused-ring (bicyclic) bond motifs is 1. The fourth-order valence-electron chi connectivity index (χ4n) is 2.71. The lowest BCUT2D eigenvalue weighted by molar-refractivity contribution is 0.706. The molecule has 2 aromatic heterocycles. The smallest absolute Gasteiger partial charge is 0.0955 e. The highest BCUT2D eigenvalue weighted by atomic mass is 15.3. The number of rotatable bonds is 3. The lowest BCUT2D eigenvalue weighted by Gasteiger charge is -2.01. The number of hydrogen-bond acceptors (Lipinski definition) is 3. The van der Waals surface area contributed by atoms with Crippen molar-refractivity contribution < 1.29 is 0 Å². The summed E-state index contributed by atoms with van der Waals surface area (Å²) >= 11 is 0. The van der Waals surface area contributed by atoms with Crippen LogP contribution in [0.25, 0.3) is 22.3 Å². The minimum Gasteiger partial charge on any atom is -0.334 e. The second-order valence-corrected chi connectivity index (χ2v) is 5.14. The number of nitrogens with two attached hydrogens (primary N) is 1. The Kier molecular flexibility index (Phi) is 3.06. The van der Waals surface area contributed by atoms with Gasteiger partial charge >= 0.3 is 0 Å². The molecule has 2 heterocycles. The Morgan fingerprint density at radius 2 is 2.05 bits per heavy atom. The van der Waals surface area contributed by atoms with Gasteiger partial charge in [-0.15, -0.1) is 0 Å². The van der Waals surface area contributed by atoms with Crippen LogP contribution in [0.2, 0.25) is 0 Å². The Hall–Kier alpha value is -2.14. The molecule has 0 atom stereocenters. The van der Waals surface area contributed by atoms with Crippen LogP contribution >= 0.6 is 0 Å². The van der Waals surface area contributed by atoms with Gasteiger partial charge in [-0.1, -0.05) is 6.07 Å². The van der Waals surface area contributed by atoms with E-state index < -0.39 is 0 Å². The predicted octanol–water partition coefficient (Wildman–Crippen LogP) is 1.78. The summed E-state index contributed by atoms with van der Waals surface area (Å²) in [6.45, 7) is 2.75. The molecule has 3 aromatic rings. The first kappa shape index (κ1) is 12.9. The van der Waals surface area contributed by atoms with Crippen LogP contribution in [0.4, 0.5) is 0 Å². The van der Waals surface area contributed by atoms with E-state index in [9.17, 15) is 0 Å². The molecule has 1 aromatic carbocycles. The summed E-state index contributed by atoms with van der Waals surface area (Å²) in [5, 5.41) is 4.64. The zero-order chi connectivity index (χ0) is 14.3. The summed E-state index contributed by atoms with van der Waals surface area (Å²) in [7, 11) is 3.97. The van der Waals surface area contributed by atoms with Crippen molar-refractivity contribution in [3.05, 3.63) is 35.8 Å². The first-order chi connectivity index (χ1) is 9.61. The molecular weight excluding hydrogens is 250 g/mol. The molecule has 2 N–H and O–H groups in total. The van der Waals surface area contributed by atoms with Crippen molar-refractivity contribution in [2.24, 2.45) is 19.8 Å². The third-order valence-corrected chi connectivity index (χ3v) is 3.81. The van der Waals surface area contributed by atoms with Gasteiger partial charge in [0.2, 0.25) is 0 Å². The Bertz CT molecular complexity index is 766. The van der Waals surface area contributed by atoms with E-state index in [-0.39, 0.29) is 0 Å². The van der Waals surface area contributed by atoms with Crippen LogP contribution in [0.3, 0.4) is 0 Å². The number of nitrogens with zero attached hydrogens (tertiary/aromatic N) is 4. The molecule has 20 heavy (non-hydrogen) atoms. The van der Waals surface area contributed by atoms with Crippen LogP contribution in [0.15, 0.2) is 24.5 Å². The van der Waals surface area contributed by atoms with Gasteiger partial charge in [-0.05, 0) is 31.2 Å². The van der Waals surface area contributed by atoms with Gasteiger partial charge in [-0.2, -0.15) is 5.10 Å². The second kappa shape index (κ2) is 4.76. The summed E-state index contributed by atoms with van der Waals surface area (Å²) in [5.74, 6) is 0. The summed E-state index contributed by atoms with van der Waals surface area (Å²) in [6.07, 6.45) is 2.68. The zero-order valence-corrected chi connectivity index (χ0v) is 12.1. The summed E-state index contributed by atoms with van der Waals surface area (Å²) in [6, 6.07) is 6.29. The standard InChI is InChI=1S/C15H19N5/c1-10-13(6-7-16)20(3)18-15(10)11-4-5-14-12(8-11)17-9-19(14)2/h4-5,8-9H,6-7,16H2,1-3H3. The average molecular weight is 269 g/mol. The molecule has 104 valence electrons. The lowest BCUT2D eigenvalue weighted by atomic mass is 10.1. The van der Waals surface area contributed by atoms with E-state index in [2.05, 4.69) is 35.2 Å². The highest BCUT2D eigenvalue weighted by molar-refractivity contribution is 5.82. The first-order valence-corrected chi connectivity index (χ1v) is 6.76. The van der Waals surface area contributed by atoms with E-state index >= 15 is 0 Å². The fourth-order valence-corrected chi connectivity index (χ4v) is 2.71. The average Bonchev–Trinajstić information content (AvgIpc) is 2.94. The molecule has 0 aliphatic rings. The van der Waals surface area contributed by atoms with Gasteiger partial charge in [0.05, 0.1) is 23.1 Å². The van der Waals surface area contributed by atoms with Crippen molar-refractivity contribution in [2.45, 2.75) is 13.3 Å². The minimum absolute atomic E-state index is 0.638. The number of aromatic nitrogens is 4. The Labute approximate surface area is 118 Å². The van der Waals surface area contributed by atoms with Gasteiger partial charge in [-0.3, -0.25) is 4.68 Å². The third-order valence-electron chi connectivity index (χ3n) is 3.81. The molecule has 3 rings (SSSR count). The third kappa shape index (κ3) is 1.91. The molecule has 0 fully saturated rings. The molecule has 5 nitrogen and oxygen atoms in total. The van der Waals surface area contributed by atoms with Crippen molar-refractivity contribution in [2.75, 3.05) is 6.54 Å². The largest absolute Gasteiger partial charge is 0.334 e. The summed E-state index contributed by atoms with van der Waals surface area (Å²) < 4.78 is 3.95. The quantitative estimate of drug-likeness (QED) is 0.788. The van der Waals surface area contributed by atoms with Gasteiger partial charge in [-0.25, -0.2) is 4.98 Å². The van der Waals surface area contributed by atoms with Crippen LogP contribution in [0.5, 0.6) is 0 Å². The first-order valence-electron chi connectivity index (χ1n) is 6.76. The number of hydrogen-bond donors (Lipinski definition) is 1. The van der Waals surface area contributed by atoms with E-state index in [0.29, 0.717) is 6.54 Å². The van der Waals surface area contributed by atoms with Crippen LogP contribution < -0.4 is 5.73 Å². The summed E-state index contributed by atoms with van der Waals surface area (Å²) in [4.78, 5) is 4.41. The Morgan fingerprint density at radius 3 is 2.80 bits per heavy atom. The fraction of sp³-hybridized carbons (Fsp3) is 0.333. The second-order valence-electron chi connectivity index (χ2n) is 5.14. The van der Waals surface area contributed by atoms with Crippen molar-refractivity contribution >= 4 is 11.0 Å². The normalized spacial score (nSPS) is 11.4. The molecular formula is C15H19N5. The predicted molar refractivity (Wildman–Crippen MR) is 80.4 cm³/mol. The summed E-state index contributed by atoms with van der Waals surface area (Å²) in [5.41, 5.74) is 12.3. The van der Waals surface area contributed by atoms with Crippen LogP contribution in [-0.2, 0) is 20.5 Å². The maximum atomic E-state index is 5.67. The molecule has 5 heteroatoms. The Morgan fingerprint density at radius 1 is 1.25 bits per heavy atom. The van der Waals surface area contributed by atoms with Crippen molar-refractivity contribution in [3.8, 4) is 11.3 Å². The van der Waals surface area contributed by atoms with Crippen molar-refractivity contribution in [1.82, 2.24) is 19.3 Å². The van der Waals surface area contributed by atoms with Crippen molar-refractivity contribution in [3.63, 3.8) is 0 Å². The van der Waals surface area contributed by atoms with E-state index in [4.69, 9.17) is 5.73 Å². The number of benzene rings is 1. The van der Waals surface area contributed by atoms with E-state index in [1.54, 1.807) is 0 Å². The van der Waals surface area contributed by atoms with Crippen LogP contribution in [0.1, 0.15) is 11.3 Å². The molecule has 0 saturated heterocycles. The molecule has 0 bridgehead atoms. The molecule has 0 unspecified atom stereocenters. The molecule has 0 spiro atoms. The minimum atomic E-state index is 0.638. The zero-order valence-electron chi connectivity index (χ0n) is 12.1. The van der Waals surface area contributed by atoms with Gasteiger partial charge in [0.1, 0.15) is 0 Å². The molecule has 0 aliphatic carbocycles. The monoisotopic (exact) mass is 269 g/mol. The van der Waals surface area contributed by atoms with Crippen LogP contribution in [-0.4, -0.2) is 25.9 Å². The highest BCUT2D eigenvalue weighted by Gasteiger charge is 2.14. The molecule has 0 aliphatic heterocycles. The number of aryl methyl sites for hydroxylation is 2. The maximum Gasteiger partial charge on any atom is 0.0955 e. The molecule has 0 radical (unpaired) electrons. The highest BCUT2D eigenvalue weighted by Crippen LogP contribution is 2.27. The maximum absolute atomic E-state index is 5.67. The van der Waals surface area contributed by atoms with E-state index in [1.807, 2.05) is 29.7 Å². The van der Waals surface area contributed by atoms with Gasteiger partial charge in [0, 0.05) is 31.8 Å². The van der Waals surface area contributed by atoms with E-state index in [1.165, 1.54) is 11.3 Å². The van der Waals surface area contributed by atoms with Gasteiger partial charge < -0.3 is 10.3 Å². The van der Waals surface area contributed by atoms with Gasteiger partial charge in [0.15, 0.2) is 0 Å². The van der Waals surface area contributed by atoms with E-state index in [0.717, 1.165) is 28.7 Å². The van der Waals surface area contributed by atoms with Crippen molar-refractivity contribution in [1.29, 1.82) is 0 Å². The SMILES string of the molecule is Cc1c(-c2ccc3c(c2)ncn3C)nn(C)c1CCN. The lowest BCUT2D eigenvalue weighted by Crippen LogP contribution is -2.08.